The fourth-order valence-electron chi connectivity index (χ4n) is 0.994. The molecule has 0 N–H and O–H groups in total. The van der Waals surface area contributed by atoms with Gasteiger partial charge in [0.05, 0.1) is 15.5 Å². The van der Waals surface area contributed by atoms with Gasteiger partial charge in [0.15, 0.2) is 0 Å². The molecule has 0 amide bonds. The van der Waals surface area contributed by atoms with Crippen LogP contribution < -0.4 is 0 Å². The molecule has 0 heterocycles. The van der Waals surface area contributed by atoms with Crippen LogP contribution >= 0.6 is 34.0 Å². The van der Waals surface area contributed by atoms with Gasteiger partial charge < -0.3 is 0 Å². The minimum atomic E-state index is -4.66. The number of thioether (sulfide) groups is 1. The fraction of sp³-hybridized carbons (Fsp3) is 0.125. The first-order chi connectivity index (χ1) is 8.04. The van der Waals surface area contributed by atoms with E-state index in [1.807, 2.05) is 0 Å². The van der Waals surface area contributed by atoms with Crippen molar-refractivity contribution >= 4 is 43.1 Å². The molecule has 18 heavy (non-hydrogen) atoms. The highest BCUT2D eigenvalue weighted by atomic mass is 35.7. The lowest BCUT2D eigenvalue weighted by molar-refractivity contribution is -0.0328. The van der Waals surface area contributed by atoms with Gasteiger partial charge in [0.2, 0.25) is 0 Å². The number of halogens is 5. The highest BCUT2D eigenvalue weighted by molar-refractivity contribution is 8.13. The molecule has 10 heteroatoms. The summed E-state index contributed by atoms with van der Waals surface area (Å²) >= 11 is 4.94. The van der Waals surface area contributed by atoms with Crippen molar-refractivity contribution in [2.24, 2.45) is 0 Å². The Morgan fingerprint density at radius 1 is 1.33 bits per heavy atom. The van der Waals surface area contributed by atoms with Gasteiger partial charge in [-0.3, -0.25) is 0 Å². The molecular weight excluding hydrogens is 334 g/mol. The van der Waals surface area contributed by atoms with Gasteiger partial charge in [0.25, 0.3) is 9.05 Å². The molecule has 0 bridgehead atoms. The third kappa shape index (κ3) is 3.95. The summed E-state index contributed by atoms with van der Waals surface area (Å²) in [7, 11) is 0.764. The molecule has 98 valence electrons. The average molecular weight is 336 g/mol. The van der Waals surface area contributed by atoms with Crippen LogP contribution in [0.25, 0.3) is 0 Å². The molecule has 0 aliphatic rings. The van der Waals surface area contributed by atoms with Crippen LogP contribution in [-0.2, 0) is 9.05 Å². The highest BCUT2D eigenvalue weighted by Crippen LogP contribution is 2.42. The van der Waals surface area contributed by atoms with Crippen molar-refractivity contribution in [3.8, 4) is 6.07 Å². The van der Waals surface area contributed by atoms with Crippen LogP contribution in [0.2, 0.25) is 5.02 Å². The first-order valence-electron chi connectivity index (χ1n) is 3.98. The topological polar surface area (TPSA) is 57.9 Å². The molecule has 0 aromatic heterocycles. The van der Waals surface area contributed by atoms with Crippen LogP contribution in [0.4, 0.5) is 13.2 Å². The van der Waals surface area contributed by atoms with E-state index in [1.54, 1.807) is 0 Å². The molecule has 0 saturated heterocycles. The number of hydrogen-bond acceptors (Lipinski definition) is 4. The van der Waals surface area contributed by atoms with Gasteiger partial charge in [0.1, 0.15) is 6.07 Å². The van der Waals surface area contributed by atoms with Gasteiger partial charge in [-0.2, -0.15) is 18.4 Å². The van der Waals surface area contributed by atoms with Crippen molar-refractivity contribution in [1.29, 1.82) is 5.26 Å². The monoisotopic (exact) mass is 335 g/mol. The molecule has 1 aromatic carbocycles. The third-order valence-electron chi connectivity index (χ3n) is 1.64. The second-order valence-corrected chi connectivity index (χ2v) is 6.93. The number of alkyl halides is 3. The summed E-state index contributed by atoms with van der Waals surface area (Å²) in [5, 5.41) is 8.20. The predicted octanol–water partition coefficient (Wildman–Crippen LogP) is 3.75. The van der Waals surface area contributed by atoms with E-state index in [9.17, 15) is 21.6 Å². The Balaban J connectivity index is 3.48. The number of rotatable bonds is 2. The maximum atomic E-state index is 12.2. The van der Waals surface area contributed by atoms with E-state index in [0.717, 1.165) is 6.07 Å². The summed E-state index contributed by atoms with van der Waals surface area (Å²) < 4.78 is 58.8. The first kappa shape index (κ1) is 15.4. The molecule has 0 spiro atoms. The van der Waals surface area contributed by atoms with Crippen LogP contribution in [0, 0.1) is 11.3 Å². The second-order valence-electron chi connectivity index (χ2n) is 2.88. The zero-order chi connectivity index (χ0) is 14.1. The van der Waals surface area contributed by atoms with E-state index in [2.05, 4.69) is 0 Å². The molecule has 1 rings (SSSR count). The highest BCUT2D eigenvalue weighted by Gasteiger charge is 2.31. The summed E-state index contributed by atoms with van der Waals surface area (Å²) in [6, 6.07) is 2.98. The van der Waals surface area contributed by atoms with E-state index in [-0.39, 0.29) is 0 Å². The summed E-state index contributed by atoms with van der Waals surface area (Å²) in [5.74, 6) is 0. The molecule has 1 aromatic rings. The molecule has 0 aliphatic carbocycles. The normalized spacial score (nSPS) is 12.2. The van der Waals surface area contributed by atoms with E-state index in [0.29, 0.717) is 6.07 Å². The molecule has 0 radical (unpaired) electrons. The fourth-order valence-corrected chi connectivity index (χ4v) is 2.75. The number of nitriles is 1. The number of benzene rings is 1. The van der Waals surface area contributed by atoms with Crippen molar-refractivity contribution in [3.63, 3.8) is 0 Å². The van der Waals surface area contributed by atoms with Crippen LogP contribution in [0.1, 0.15) is 5.56 Å². The maximum Gasteiger partial charge on any atom is 0.446 e. The summed E-state index contributed by atoms with van der Waals surface area (Å²) in [5.41, 5.74) is -5.06. The Morgan fingerprint density at radius 3 is 2.28 bits per heavy atom. The Morgan fingerprint density at radius 2 is 1.89 bits per heavy atom. The summed E-state index contributed by atoms with van der Waals surface area (Å²) in [6.45, 7) is 0. The lowest BCUT2D eigenvalue weighted by Gasteiger charge is -2.09. The lowest BCUT2D eigenvalue weighted by atomic mass is 10.2. The van der Waals surface area contributed by atoms with Gasteiger partial charge >= 0.3 is 5.51 Å². The predicted molar refractivity (Wildman–Crippen MR) is 61.1 cm³/mol. The number of nitrogens with zero attached hydrogens (tertiary/aromatic N) is 1. The molecule has 0 aliphatic heterocycles. The van der Waals surface area contributed by atoms with Gasteiger partial charge in [-0.05, 0) is 23.9 Å². The van der Waals surface area contributed by atoms with Crippen molar-refractivity contribution in [3.05, 3.63) is 22.7 Å². The summed E-state index contributed by atoms with van der Waals surface area (Å²) in [4.78, 5) is -1.21. The quantitative estimate of drug-likeness (QED) is 0.610. The lowest BCUT2D eigenvalue weighted by Crippen LogP contribution is -2.01. The van der Waals surface area contributed by atoms with E-state index >= 15 is 0 Å². The van der Waals surface area contributed by atoms with Crippen LogP contribution in [0.3, 0.4) is 0 Å². The molecule has 0 fully saturated rings. The van der Waals surface area contributed by atoms with Crippen LogP contribution in [-0.4, -0.2) is 13.9 Å². The Bertz CT molecular complexity index is 622. The van der Waals surface area contributed by atoms with Crippen LogP contribution in [0.15, 0.2) is 21.9 Å². The zero-order valence-electron chi connectivity index (χ0n) is 8.12. The van der Waals surface area contributed by atoms with Gasteiger partial charge in [-0.25, -0.2) is 8.42 Å². The van der Waals surface area contributed by atoms with Gasteiger partial charge in [-0.1, -0.05) is 11.6 Å². The van der Waals surface area contributed by atoms with Crippen molar-refractivity contribution in [2.75, 3.05) is 0 Å². The largest absolute Gasteiger partial charge is 0.446 e. The molecule has 0 unspecified atom stereocenters. The van der Waals surface area contributed by atoms with Crippen molar-refractivity contribution in [1.82, 2.24) is 0 Å². The Hall–Kier alpha value is -0.620. The smallest absolute Gasteiger partial charge is 0.207 e. The summed E-state index contributed by atoms with van der Waals surface area (Å²) in [6.07, 6.45) is 0. The Labute approximate surface area is 114 Å². The molecule has 3 nitrogen and oxygen atoms in total. The second kappa shape index (κ2) is 5.17. The SMILES string of the molecule is N#Cc1cc(S(=O)(=O)Cl)cc(SC(F)(F)F)c1Cl. The van der Waals surface area contributed by atoms with Gasteiger partial charge in [0, 0.05) is 15.6 Å². The molecular formula is C8H2Cl2F3NO2S2. The molecule has 0 atom stereocenters. The van der Waals surface area contributed by atoms with Crippen LogP contribution in [0.5, 0.6) is 0 Å². The van der Waals surface area contributed by atoms with Crippen molar-refractivity contribution < 1.29 is 21.6 Å². The van der Waals surface area contributed by atoms with Crippen molar-refractivity contribution in [2.45, 2.75) is 15.3 Å². The average Bonchev–Trinajstić information content (AvgIpc) is 2.17. The molecule has 0 saturated carbocycles. The van der Waals surface area contributed by atoms with E-state index < -0.39 is 46.7 Å². The minimum absolute atomic E-state index is 0.398. The number of hydrogen-bond donors (Lipinski definition) is 0. The van der Waals surface area contributed by atoms with E-state index in [1.165, 1.54) is 6.07 Å². The minimum Gasteiger partial charge on any atom is -0.207 e. The van der Waals surface area contributed by atoms with E-state index in [4.69, 9.17) is 27.5 Å². The Kier molecular flexibility index (Phi) is 4.43. The third-order valence-corrected chi connectivity index (χ3v) is 4.27. The maximum absolute atomic E-state index is 12.2. The van der Waals surface area contributed by atoms with Gasteiger partial charge in [-0.15, -0.1) is 0 Å². The first-order valence-corrected chi connectivity index (χ1v) is 7.49. The standard InChI is InChI=1S/C8H2Cl2F3NO2S2/c9-7-4(3-14)1-5(18(10,15)16)2-6(7)17-8(11,12)13/h1-2H. The zero-order valence-corrected chi connectivity index (χ0v) is 11.3.